The average Bonchev–Trinajstić information content (AvgIpc) is 3.35. The van der Waals surface area contributed by atoms with E-state index in [0.29, 0.717) is 12.2 Å². The van der Waals surface area contributed by atoms with Crippen LogP contribution in [0.15, 0.2) is 29.3 Å². The monoisotopic (exact) mass is 420 g/mol. The fourth-order valence-electron chi connectivity index (χ4n) is 3.72. The summed E-state index contributed by atoms with van der Waals surface area (Å²) in [5.41, 5.74) is 4.05. The van der Waals surface area contributed by atoms with Gasteiger partial charge in [0.1, 0.15) is 22.6 Å². The normalized spacial score (nSPS) is 15.5. The topological polar surface area (TPSA) is 107 Å². The molecular weight excluding hydrogens is 400 g/mol. The fourth-order valence-corrected chi connectivity index (χ4v) is 4.94. The van der Waals surface area contributed by atoms with E-state index in [0.717, 1.165) is 33.5 Å². The second kappa shape index (κ2) is 6.84. The van der Waals surface area contributed by atoms with Crippen molar-refractivity contribution in [1.82, 2.24) is 35.0 Å². The van der Waals surface area contributed by atoms with Crippen LogP contribution in [0.2, 0.25) is 0 Å². The largest absolute Gasteiger partial charge is 0.508 e. The number of aromatic hydroxyl groups is 1. The number of rotatable bonds is 3. The predicted molar refractivity (Wildman–Crippen MR) is 112 cm³/mol. The first-order valence-electron chi connectivity index (χ1n) is 9.55. The average molecular weight is 421 g/mol. The number of benzene rings is 1. The summed E-state index contributed by atoms with van der Waals surface area (Å²) in [7, 11) is 1.74. The van der Waals surface area contributed by atoms with Crippen molar-refractivity contribution in [3.63, 3.8) is 0 Å². The molecule has 0 fully saturated rings. The Labute approximate surface area is 176 Å². The minimum Gasteiger partial charge on any atom is -0.508 e. The molecule has 30 heavy (non-hydrogen) atoms. The van der Waals surface area contributed by atoms with Gasteiger partial charge in [0.15, 0.2) is 11.6 Å². The lowest BCUT2D eigenvalue weighted by Crippen LogP contribution is -2.10. The van der Waals surface area contributed by atoms with E-state index in [-0.39, 0.29) is 11.8 Å². The molecule has 9 nitrogen and oxygen atoms in total. The number of aliphatic imine (C=N–C) groups is 1. The van der Waals surface area contributed by atoms with Crippen LogP contribution >= 0.6 is 11.3 Å². The van der Waals surface area contributed by atoms with E-state index in [9.17, 15) is 5.11 Å². The first kappa shape index (κ1) is 18.6. The molecule has 0 amide bonds. The number of phenols is 1. The van der Waals surface area contributed by atoms with Gasteiger partial charge >= 0.3 is 0 Å². The Morgan fingerprint density at radius 2 is 1.83 bits per heavy atom. The first-order chi connectivity index (χ1) is 14.4. The zero-order valence-electron chi connectivity index (χ0n) is 17.0. The number of fused-ring (bicyclic) bond motifs is 3. The van der Waals surface area contributed by atoms with Crippen molar-refractivity contribution < 1.29 is 5.11 Å². The highest BCUT2D eigenvalue weighted by Gasteiger charge is 2.32. The molecule has 1 aliphatic heterocycles. The second-order valence-corrected chi connectivity index (χ2v) is 8.55. The molecule has 0 spiro atoms. The first-order valence-corrected chi connectivity index (χ1v) is 10.4. The molecule has 4 heterocycles. The lowest BCUT2D eigenvalue weighted by molar-refractivity contribution is 0.475. The van der Waals surface area contributed by atoms with E-state index < -0.39 is 0 Å². The Kier molecular flexibility index (Phi) is 4.24. The third-order valence-corrected chi connectivity index (χ3v) is 6.50. The minimum atomic E-state index is -0.321. The van der Waals surface area contributed by atoms with Gasteiger partial charge in [0, 0.05) is 22.4 Å². The summed E-state index contributed by atoms with van der Waals surface area (Å²) < 4.78 is 2.10. The second-order valence-electron chi connectivity index (χ2n) is 7.34. The molecule has 1 atom stereocenters. The molecule has 0 radical (unpaired) electrons. The van der Waals surface area contributed by atoms with Crippen molar-refractivity contribution in [2.45, 2.75) is 33.2 Å². The number of hydrogen-bond acceptors (Lipinski definition) is 8. The number of aromatic nitrogens is 7. The SMILES string of the molecule is Cc1sc2c(c1C)C(c1ccc(O)cc1)=N[C@@H](Cc1nnn(C)n1)c1nnc(C)n1-2. The summed E-state index contributed by atoms with van der Waals surface area (Å²) in [6.07, 6.45) is 0.459. The maximum Gasteiger partial charge on any atom is 0.177 e. The molecule has 3 aromatic heterocycles. The number of phenolic OH excluding ortho intramolecular Hbond substituents is 1. The van der Waals surface area contributed by atoms with Gasteiger partial charge in [0.05, 0.1) is 12.8 Å². The van der Waals surface area contributed by atoms with E-state index in [1.807, 2.05) is 19.1 Å². The molecule has 5 rings (SSSR count). The maximum absolute atomic E-state index is 9.77. The highest BCUT2D eigenvalue weighted by atomic mass is 32.1. The van der Waals surface area contributed by atoms with Crippen LogP contribution in [0.1, 0.15) is 45.1 Å². The zero-order valence-corrected chi connectivity index (χ0v) is 17.8. The van der Waals surface area contributed by atoms with Crippen LogP contribution < -0.4 is 0 Å². The van der Waals surface area contributed by atoms with Crippen molar-refractivity contribution in [2.75, 3.05) is 0 Å². The lowest BCUT2D eigenvalue weighted by atomic mass is 9.99. The fraction of sp³-hybridized carbons (Fsp3) is 0.300. The Hall–Kier alpha value is -3.40. The molecule has 0 unspecified atom stereocenters. The van der Waals surface area contributed by atoms with Crippen LogP contribution in [0.4, 0.5) is 0 Å². The molecule has 4 aromatic rings. The Balaban J connectivity index is 1.76. The van der Waals surface area contributed by atoms with Crippen LogP contribution in [0, 0.1) is 20.8 Å². The molecule has 1 aromatic carbocycles. The predicted octanol–water partition coefficient (Wildman–Crippen LogP) is 2.62. The Bertz CT molecular complexity index is 1280. The third-order valence-electron chi connectivity index (χ3n) is 5.31. The smallest absolute Gasteiger partial charge is 0.177 e. The highest BCUT2D eigenvalue weighted by Crippen LogP contribution is 2.39. The molecule has 10 heteroatoms. The summed E-state index contributed by atoms with van der Waals surface area (Å²) in [6, 6.07) is 6.82. The van der Waals surface area contributed by atoms with Crippen LogP contribution in [-0.2, 0) is 13.5 Å². The van der Waals surface area contributed by atoms with E-state index in [1.54, 1.807) is 30.5 Å². The van der Waals surface area contributed by atoms with Crippen molar-refractivity contribution in [1.29, 1.82) is 0 Å². The number of tetrazole rings is 1. The van der Waals surface area contributed by atoms with Gasteiger partial charge in [-0.25, -0.2) is 0 Å². The number of hydrogen-bond donors (Lipinski definition) is 1. The van der Waals surface area contributed by atoms with Gasteiger partial charge in [-0.3, -0.25) is 9.56 Å². The van der Waals surface area contributed by atoms with Gasteiger partial charge in [0.2, 0.25) is 0 Å². The molecule has 1 aliphatic rings. The Morgan fingerprint density at radius 3 is 2.53 bits per heavy atom. The van der Waals surface area contributed by atoms with Crippen LogP contribution in [-0.4, -0.2) is 45.8 Å². The van der Waals surface area contributed by atoms with Gasteiger partial charge in [0.25, 0.3) is 0 Å². The van der Waals surface area contributed by atoms with Crippen molar-refractivity contribution in [2.24, 2.45) is 12.0 Å². The Morgan fingerprint density at radius 1 is 1.07 bits per heavy atom. The highest BCUT2D eigenvalue weighted by molar-refractivity contribution is 7.15. The molecular formula is C20H20N8OS. The number of nitrogens with zero attached hydrogens (tertiary/aromatic N) is 8. The van der Waals surface area contributed by atoms with Gasteiger partial charge in [-0.15, -0.1) is 31.7 Å². The van der Waals surface area contributed by atoms with Crippen molar-refractivity contribution in [3.05, 3.63) is 63.3 Å². The van der Waals surface area contributed by atoms with Gasteiger partial charge in [-0.2, -0.15) is 4.80 Å². The molecule has 0 aliphatic carbocycles. The summed E-state index contributed by atoms with van der Waals surface area (Å²) in [4.78, 5) is 7.81. The molecule has 0 saturated heterocycles. The summed E-state index contributed by atoms with van der Waals surface area (Å²) >= 11 is 1.71. The van der Waals surface area contributed by atoms with E-state index in [4.69, 9.17) is 4.99 Å². The molecule has 152 valence electrons. The number of thiophene rings is 1. The van der Waals surface area contributed by atoms with Crippen LogP contribution in [0.3, 0.4) is 0 Å². The maximum atomic E-state index is 9.77. The quantitative estimate of drug-likeness (QED) is 0.546. The molecule has 1 N–H and O–H groups in total. The van der Waals surface area contributed by atoms with E-state index in [1.165, 1.54) is 15.2 Å². The van der Waals surface area contributed by atoms with Crippen molar-refractivity contribution in [3.8, 4) is 10.8 Å². The summed E-state index contributed by atoms with van der Waals surface area (Å²) in [6.45, 7) is 6.18. The molecule has 0 saturated carbocycles. The molecule has 0 bridgehead atoms. The summed E-state index contributed by atoms with van der Waals surface area (Å²) in [5.74, 6) is 2.39. The number of aryl methyl sites for hydroxylation is 3. The minimum absolute atomic E-state index is 0.222. The van der Waals surface area contributed by atoms with Gasteiger partial charge < -0.3 is 5.11 Å². The van der Waals surface area contributed by atoms with Gasteiger partial charge in [-0.05, 0) is 55.8 Å². The zero-order chi connectivity index (χ0) is 21.0. The van der Waals surface area contributed by atoms with E-state index >= 15 is 0 Å². The van der Waals surface area contributed by atoms with Crippen LogP contribution in [0.5, 0.6) is 5.75 Å². The van der Waals surface area contributed by atoms with Gasteiger partial charge in [-0.1, -0.05) is 0 Å². The standard InChI is InChI=1S/C20H20N8OS/c1-10-11(2)30-20-17(10)18(13-5-7-14(29)8-6-13)21-15(9-16-23-26-27(4)25-16)19-24-22-12(3)28(19)20/h5-8,15,29H,9H2,1-4H3/t15-/m0/s1. The lowest BCUT2D eigenvalue weighted by Gasteiger charge is -2.11. The van der Waals surface area contributed by atoms with Crippen molar-refractivity contribution >= 4 is 17.0 Å². The van der Waals surface area contributed by atoms with Crippen LogP contribution in [0.25, 0.3) is 5.00 Å². The summed E-state index contributed by atoms with van der Waals surface area (Å²) in [5, 5.41) is 32.1. The third kappa shape index (κ3) is 2.91. The van der Waals surface area contributed by atoms with E-state index in [2.05, 4.69) is 44.0 Å².